The van der Waals surface area contributed by atoms with Crippen molar-refractivity contribution in [2.75, 3.05) is 59.5 Å². The molecule has 0 aromatic heterocycles. The van der Waals surface area contributed by atoms with E-state index >= 15 is 0 Å². The monoisotopic (exact) mass is 508 g/mol. The molecule has 0 saturated heterocycles. The molecule has 0 fully saturated rings. The summed E-state index contributed by atoms with van der Waals surface area (Å²) in [4.78, 5) is 12.6. The molecule has 192 valence electrons. The largest absolute Gasteiger partial charge is 0.507 e. The Morgan fingerprint density at radius 2 is 1.60 bits per heavy atom. The van der Waals surface area contributed by atoms with Gasteiger partial charge in [0.05, 0.1) is 63.4 Å². The molecule has 0 heterocycles. The fourth-order valence-corrected chi connectivity index (χ4v) is 3.23. The normalized spacial score (nSPS) is 11.2. The van der Waals surface area contributed by atoms with Crippen LogP contribution in [0.3, 0.4) is 0 Å². The summed E-state index contributed by atoms with van der Waals surface area (Å²) >= 11 is 6.33. The average Bonchev–Trinajstić information content (AvgIpc) is 2.84. The van der Waals surface area contributed by atoms with Crippen LogP contribution in [0, 0.1) is 6.92 Å². The van der Waals surface area contributed by atoms with Crippen LogP contribution in [-0.2, 0) is 14.2 Å². The van der Waals surface area contributed by atoms with E-state index in [-0.39, 0.29) is 23.7 Å². The molecule has 8 nitrogen and oxygen atoms in total. The van der Waals surface area contributed by atoms with E-state index in [1.54, 1.807) is 30.3 Å². The van der Waals surface area contributed by atoms with Gasteiger partial charge in [-0.2, -0.15) is 0 Å². The molecule has 0 aliphatic carbocycles. The molecule has 35 heavy (non-hydrogen) atoms. The molecule has 0 bridgehead atoms. The second-order valence-corrected chi connectivity index (χ2v) is 7.77. The third-order valence-corrected chi connectivity index (χ3v) is 5.05. The first-order valence-electron chi connectivity index (χ1n) is 11.4. The van der Waals surface area contributed by atoms with Crippen molar-refractivity contribution in [2.45, 2.75) is 13.8 Å². The van der Waals surface area contributed by atoms with E-state index in [4.69, 9.17) is 40.4 Å². The molecule has 0 amide bonds. The number of aliphatic hydroxyl groups excluding tert-OH is 1. The van der Waals surface area contributed by atoms with Crippen LogP contribution in [-0.4, -0.2) is 75.5 Å². The molecule has 0 aliphatic heterocycles. The van der Waals surface area contributed by atoms with Crippen LogP contribution in [0.5, 0.6) is 17.2 Å². The number of phenols is 1. The number of hydrogen-bond acceptors (Lipinski definition) is 8. The highest BCUT2D eigenvalue weighted by atomic mass is 35.5. The van der Waals surface area contributed by atoms with Crippen LogP contribution < -0.4 is 9.47 Å². The van der Waals surface area contributed by atoms with E-state index < -0.39 is 0 Å². The van der Waals surface area contributed by atoms with Gasteiger partial charge >= 0.3 is 0 Å². The van der Waals surface area contributed by atoms with E-state index in [1.807, 2.05) is 13.8 Å². The number of benzene rings is 2. The zero-order chi connectivity index (χ0) is 25.5. The van der Waals surface area contributed by atoms with E-state index in [0.717, 1.165) is 5.56 Å². The molecule has 2 aromatic carbocycles. The highest BCUT2D eigenvalue weighted by Crippen LogP contribution is 2.29. The molecular weight excluding hydrogens is 476 g/mol. The Morgan fingerprint density at radius 1 is 0.943 bits per heavy atom. The Kier molecular flexibility index (Phi) is 13.2. The summed E-state index contributed by atoms with van der Waals surface area (Å²) in [6, 6.07) is 8.22. The molecule has 9 heteroatoms. The SMILES string of the molecule is CCOc1cc(O)c(C(=O)/C=C/c2ccc(OCCOCCOCCOCCO)cc2Cl)cc1C. The quantitative estimate of drug-likeness (QED) is 0.187. The highest BCUT2D eigenvalue weighted by molar-refractivity contribution is 6.32. The molecule has 0 aliphatic rings. The zero-order valence-corrected chi connectivity index (χ0v) is 20.9. The molecule has 0 unspecified atom stereocenters. The van der Waals surface area contributed by atoms with Gasteiger partial charge in [-0.15, -0.1) is 0 Å². The molecule has 2 aromatic rings. The van der Waals surface area contributed by atoms with E-state index in [2.05, 4.69) is 0 Å². The van der Waals surface area contributed by atoms with Crippen molar-refractivity contribution in [2.24, 2.45) is 0 Å². The number of allylic oxidation sites excluding steroid dienone is 1. The van der Waals surface area contributed by atoms with Gasteiger partial charge in [0, 0.05) is 6.07 Å². The second-order valence-electron chi connectivity index (χ2n) is 7.36. The molecule has 2 rings (SSSR count). The summed E-state index contributed by atoms with van der Waals surface area (Å²) in [5.74, 6) is 0.649. The first kappa shape index (κ1) is 28.6. The minimum absolute atomic E-state index is 0.00318. The van der Waals surface area contributed by atoms with Gasteiger partial charge < -0.3 is 33.9 Å². The average molecular weight is 509 g/mol. The highest BCUT2D eigenvalue weighted by Gasteiger charge is 2.13. The van der Waals surface area contributed by atoms with Gasteiger partial charge in [0.1, 0.15) is 23.9 Å². The van der Waals surface area contributed by atoms with Gasteiger partial charge in [-0.1, -0.05) is 11.6 Å². The maximum Gasteiger partial charge on any atom is 0.189 e. The van der Waals surface area contributed by atoms with E-state index in [0.29, 0.717) is 74.9 Å². The maximum atomic E-state index is 12.6. The number of phenolic OH excluding ortho intramolecular Hbond substituents is 1. The molecule has 0 radical (unpaired) electrons. The van der Waals surface area contributed by atoms with Gasteiger partial charge in [-0.3, -0.25) is 4.79 Å². The molecule has 2 N–H and O–H groups in total. The van der Waals surface area contributed by atoms with Crippen LogP contribution in [0.25, 0.3) is 6.08 Å². The predicted octanol–water partition coefficient (Wildman–Crippen LogP) is 4.07. The summed E-state index contributed by atoms with van der Waals surface area (Å²) in [5.41, 5.74) is 1.60. The number of ketones is 1. The van der Waals surface area contributed by atoms with Gasteiger partial charge in [0.2, 0.25) is 0 Å². The smallest absolute Gasteiger partial charge is 0.189 e. The number of hydrogen-bond donors (Lipinski definition) is 2. The number of aryl methyl sites for hydroxylation is 1. The lowest BCUT2D eigenvalue weighted by Gasteiger charge is -2.10. The van der Waals surface area contributed by atoms with Crippen molar-refractivity contribution >= 4 is 23.5 Å². The van der Waals surface area contributed by atoms with Crippen molar-refractivity contribution in [3.63, 3.8) is 0 Å². The van der Waals surface area contributed by atoms with E-state index in [1.165, 1.54) is 12.1 Å². The Bertz CT molecular complexity index is 961. The maximum absolute atomic E-state index is 12.6. The van der Waals surface area contributed by atoms with Crippen LogP contribution in [0.15, 0.2) is 36.4 Å². The Morgan fingerprint density at radius 3 is 2.23 bits per heavy atom. The first-order valence-corrected chi connectivity index (χ1v) is 11.8. The van der Waals surface area contributed by atoms with E-state index in [9.17, 15) is 9.90 Å². The number of ether oxygens (including phenoxy) is 5. The Balaban J connectivity index is 1.76. The van der Waals surface area contributed by atoms with Crippen LogP contribution in [0.1, 0.15) is 28.4 Å². The summed E-state index contributed by atoms with van der Waals surface area (Å²) < 4.78 is 26.9. The minimum atomic E-state index is -0.344. The molecule has 0 saturated carbocycles. The van der Waals surface area contributed by atoms with Crippen molar-refractivity contribution in [3.8, 4) is 17.2 Å². The predicted molar refractivity (Wildman–Crippen MR) is 134 cm³/mol. The standard InChI is InChI=1S/C26H33ClO8/c1-3-34-26-18-25(30)22(16-19(26)2)24(29)7-5-20-4-6-21(17-23(20)27)35-15-14-33-13-12-32-11-10-31-9-8-28/h4-7,16-18,28,30H,3,8-15H2,1-2H3/b7-5+. The second kappa shape index (κ2) is 16.1. The van der Waals surface area contributed by atoms with Gasteiger partial charge in [0.25, 0.3) is 0 Å². The van der Waals surface area contributed by atoms with Crippen molar-refractivity contribution in [1.82, 2.24) is 0 Å². The summed E-state index contributed by atoms with van der Waals surface area (Å²) in [5, 5.41) is 19.2. The fourth-order valence-electron chi connectivity index (χ4n) is 3.00. The fraction of sp³-hybridized carbons (Fsp3) is 0.423. The number of aromatic hydroxyl groups is 1. The summed E-state index contributed by atoms with van der Waals surface area (Å²) in [6.45, 7) is 6.96. The molecular formula is C26H33ClO8. The lowest BCUT2D eigenvalue weighted by Crippen LogP contribution is -2.13. The molecule has 0 spiro atoms. The summed E-state index contributed by atoms with van der Waals surface area (Å²) in [6.07, 6.45) is 2.96. The van der Waals surface area contributed by atoms with Crippen molar-refractivity contribution in [3.05, 3.63) is 58.1 Å². The zero-order valence-electron chi connectivity index (χ0n) is 20.1. The summed E-state index contributed by atoms with van der Waals surface area (Å²) in [7, 11) is 0. The van der Waals surface area contributed by atoms with Crippen molar-refractivity contribution < 1.29 is 38.7 Å². The Hall–Kier alpha value is -2.62. The van der Waals surface area contributed by atoms with Crippen LogP contribution in [0.2, 0.25) is 5.02 Å². The molecule has 0 atom stereocenters. The number of carbonyl (C=O) groups excluding carboxylic acids is 1. The Labute approximate surface area is 211 Å². The van der Waals surface area contributed by atoms with Crippen molar-refractivity contribution in [1.29, 1.82) is 0 Å². The number of aliphatic hydroxyl groups is 1. The third kappa shape index (κ3) is 10.3. The van der Waals surface area contributed by atoms with Crippen LogP contribution in [0.4, 0.5) is 0 Å². The number of carbonyl (C=O) groups is 1. The van der Waals surface area contributed by atoms with Crippen LogP contribution >= 0.6 is 11.6 Å². The van der Waals surface area contributed by atoms with Gasteiger partial charge in [-0.25, -0.2) is 0 Å². The number of halogens is 1. The topological polar surface area (TPSA) is 104 Å². The third-order valence-electron chi connectivity index (χ3n) is 4.72. The number of rotatable bonds is 17. The lowest BCUT2D eigenvalue weighted by molar-refractivity contribution is 0.00361. The first-order chi connectivity index (χ1) is 17.0. The van der Waals surface area contributed by atoms with Gasteiger partial charge in [-0.05, 0) is 61.4 Å². The van der Waals surface area contributed by atoms with Gasteiger partial charge in [0.15, 0.2) is 5.78 Å². The lowest BCUT2D eigenvalue weighted by atomic mass is 10.0. The minimum Gasteiger partial charge on any atom is -0.507 e.